The van der Waals surface area contributed by atoms with Gasteiger partial charge in [0.1, 0.15) is 16.7 Å². The second-order valence-corrected chi connectivity index (χ2v) is 14.1. The lowest BCUT2D eigenvalue weighted by atomic mass is 9.99. The zero-order valence-electron chi connectivity index (χ0n) is 28.0. The highest BCUT2D eigenvalue weighted by Crippen LogP contribution is 2.40. The zero-order chi connectivity index (χ0) is 34.9. The van der Waals surface area contributed by atoms with Gasteiger partial charge in [0.05, 0.1) is 0 Å². The molecule has 7 heteroatoms. The van der Waals surface area contributed by atoms with E-state index in [1.165, 1.54) is 20.2 Å². The topological polar surface area (TPSA) is 77.8 Å². The Labute approximate surface area is 306 Å². The Morgan fingerprint density at radius 2 is 1.08 bits per heavy atom. The van der Waals surface area contributed by atoms with Crippen molar-refractivity contribution >= 4 is 64.5 Å². The lowest BCUT2D eigenvalue weighted by Gasteiger charge is -2.09. The van der Waals surface area contributed by atoms with E-state index in [0.29, 0.717) is 23.4 Å². The van der Waals surface area contributed by atoms with Gasteiger partial charge in [-0.3, -0.25) is 0 Å². The number of para-hydroxylation sites is 2. The molecule has 0 N–H and O–H groups in total. The number of hydrogen-bond donors (Lipinski definition) is 0. The van der Waals surface area contributed by atoms with Gasteiger partial charge in [-0.2, -0.15) is 0 Å². The molecule has 53 heavy (non-hydrogen) atoms. The highest BCUT2D eigenvalue weighted by molar-refractivity contribution is 7.25. The molecule has 0 aliphatic carbocycles. The Morgan fingerprint density at radius 3 is 1.96 bits per heavy atom. The molecule has 0 atom stereocenters. The first kappa shape index (κ1) is 29.7. The molecule has 0 aliphatic heterocycles. The summed E-state index contributed by atoms with van der Waals surface area (Å²) < 4.78 is 14.9. The van der Waals surface area contributed by atoms with Crippen LogP contribution in [0.25, 0.3) is 110 Å². The predicted octanol–water partition coefficient (Wildman–Crippen LogP) is 12.6. The first-order valence-corrected chi connectivity index (χ1v) is 18.2. The molecule has 0 unspecified atom stereocenters. The van der Waals surface area contributed by atoms with Gasteiger partial charge in [0.25, 0.3) is 0 Å². The second kappa shape index (κ2) is 11.8. The molecule has 4 heterocycles. The van der Waals surface area contributed by atoms with E-state index in [2.05, 4.69) is 89.9 Å². The number of hydrogen-bond acceptors (Lipinski definition) is 7. The molecule has 0 bridgehead atoms. The molecule has 6 nitrogen and oxygen atoms in total. The van der Waals surface area contributed by atoms with Gasteiger partial charge in [0.15, 0.2) is 23.1 Å². The maximum atomic E-state index is 6.43. The Kier molecular flexibility index (Phi) is 6.62. The third-order valence-corrected chi connectivity index (χ3v) is 10.9. The minimum Gasteiger partial charge on any atom is -0.456 e. The summed E-state index contributed by atoms with van der Waals surface area (Å²) in [6.07, 6.45) is 0. The summed E-state index contributed by atoms with van der Waals surface area (Å²) in [6.45, 7) is 0. The molecule has 0 amide bonds. The van der Waals surface area contributed by atoms with Crippen molar-refractivity contribution < 1.29 is 8.83 Å². The largest absolute Gasteiger partial charge is 0.456 e. The Balaban J connectivity index is 1.05. The fourth-order valence-corrected chi connectivity index (χ4v) is 8.35. The molecular formula is C46H26N4O2S. The molecule has 11 aromatic rings. The summed E-state index contributed by atoms with van der Waals surface area (Å²) in [6, 6.07) is 53.6. The third-order valence-electron chi connectivity index (χ3n) is 9.80. The summed E-state index contributed by atoms with van der Waals surface area (Å²) in [7, 11) is 0. The predicted molar refractivity (Wildman–Crippen MR) is 215 cm³/mol. The van der Waals surface area contributed by atoms with Crippen molar-refractivity contribution in [1.29, 1.82) is 0 Å². The van der Waals surface area contributed by atoms with Crippen molar-refractivity contribution in [2.45, 2.75) is 0 Å². The average molecular weight is 699 g/mol. The highest BCUT2D eigenvalue weighted by atomic mass is 32.1. The van der Waals surface area contributed by atoms with E-state index in [4.69, 9.17) is 23.8 Å². The SMILES string of the molecule is c1ccc(-c2nc(-c3ccc4c(c3)sc3ccccc34)nc(-c3cccc4oc5ccc(-c6ccc(-c7nc8ccccc8o7)cc6)cc5c34)n2)cc1. The van der Waals surface area contributed by atoms with Crippen LogP contribution < -0.4 is 0 Å². The fourth-order valence-electron chi connectivity index (χ4n) is 7.20. The van der Waals surface area contributed by atoms with Crippen LogP contribution in [0, 0.1) is 0 Å². The van der Waals surface area contributed by atoms with Crippen molar-refractivity contribution in [3.8, 4) is 56.7 Å². The zero-order valence-corrected chi connectivity index (χ0v) is 28.8. The summed E-state index contributed by atoms with van der Waals surface area (Å²) in [5, 5.41) is 4.45. The quantitative estimate of drug-likeness (QED) is 0.178. The van der Waals surface area contributed by atoms with Gasteiger partial charge >= 0.3 is 0 Å². The summed E-state index contributed by atoms with van der Waals surface area (Å²) in [5.74, 6) is 2.44. The molecular weight excluding hydrogens is 673 g/mol. The number of aromatic nitrogens is 4. The molecule has 11 rings (SSSR count). The van der Waals surface area contributed by atoms with Gasteiger partial charge < -0.3 is 8.83 Å². The third kappa shape index (κ3) is 5.01. The van der Waals surface area contributed by atoms with Gasteiger partial charge in [-0.1, -0.05) is 103 Å². The maximum absolute atomic E-state index is 6.43. The summed E-state index contributed by atoms with van der Waals surface area (Å²) in [4.78, 5) is 20.0. The molecule has 0 aliphatic rings. The van der Waals surface area contributed by atoms with Crippen LogP contribution in [0.15, 0.2) is 167 Å². The Bertz CT molecular complexity index is 3150. The van der Waals surface area contributed by atoms with Crippen LogP contribution in [0.3, 0.4) is 0 Å². The monoisotopic (exact) mass is 698 g/mol. The van der Waals surface area contributed by atoms with Gasteiger partial charge in [-0.15, -0.1) is 11.3 Å². The van der Waals surface area contributed by atoms with Crippen molar-refractivity contribution in [3.05, 3.63) is 158 Å². The Hall–Kier alpha value is -6.96. The minimum absolute atomic E-state index is 0.590. The van der Waals surface area contributed by atoms with Crippen molar-refractivity contribution in [1.82, 2.24) is 19.9 Å². The normalized spacial score (nSPS) is 11.8. The fraction of sp³-hybridized carbons (Fsp3) is 0. The number of fused-ring (bicyclic) bond motifs is 7. The smallest absolute Gasteiger partial charge is 0.227 e. The van der Waals surface area contributed by atoms with Crippen molar-refractivity contribution in [2.24, 2.45) is 0 Å². The van der Waals surface area contributed by atoms with Gasteiger partial charge in [0.2, 0.25) is 5.89 Å². The highest BCUT2D eigenvalue weighted by Gasteiger charge is 2.19. The van der Waals surface area contributed by atoms with E-state index >= 15 is 0 Å². The maximum Gasteiger partial charge on any atom is 0.227 e. The van der Waals surface area contributed by atoms with Crippen molar-refractivity contribution in [2.75, 3.05) is 0 Å². The number of thiophene rings is 1. The van der Waals surface area contributed by atoms with Gasteiger partial charge in [-0.25, -0.2) is 19.9 Å². The average Bonchev–Trinajstić information content (AvgIpc) is 3.94. The number of benzene rings is 7. The number of furan rings is 1. The van der Waals surface area contributed by atoms with Crippen LogP contribution in [0.5, 0.6) is 0 Å². The molecule has 0 radical (unpaired) electrons. The molecule has 0 fully saturated rings. The van der Waals surface area contributed by atoms with Gasteiger partial charge in [0, 0.05) is 53.2 Å². The van der Waals surface area contributed by atoms with E-state index in [-0.39, 0.29) is 0 Å². The van der Waals surface area contributed by atoms with E-state index in [9.17, 15) is 0 Å². The summed E-state index contributed by atoms with van der Waals surface area (Å²) in [5.41, 5.74) is 9.01. The van der Waals surface area contributed by atoms with Gasteiger partial charge in [-0.05, 0) is 65.7 Å². The first-order valence-electron chi connectivity index (χ1n) is 17.4. The molecule has 4 aromatic heterocycles. The number of oxazole rings is 1. The minimum atomic E-state index is 0.590. The molecule has 0 spiro atoms. The molecule has 0 saturated carbocycles. The van der Waals surface area contributed by atoms with Crippen LogP contribution in [0.2, 0.25) is 0 Å². The summed E-state index contributed by atoms with van der Waals surface area (Å²) >= 11 is 1.78. The Morgan fingerprint density at radius 1 is 0.377 bits per heavy atom. The number of nitrogens with zero attached hydrogens (tertiary/aromatic N) is 4. The number of rotatable bonds is 5. The standard InChI is InChI=1S/C46H26N4O2S/c1-2-9-28(10-3-1)43-48-44(31-21-23-33-32-11-4-7-16-40(32)53-41(33)26-31)50-45(49-43)34-12-8-15-39-42(34)35-25-30(22-24-37(35)51-39)27-17-19-29(20-18-27)46-47-36-13-5-6-14-38(36)52-46/h1-26H. The van der Waals surface area contributed by atoms with E-state index in [0.717, 1.165) is 66.4 Å². The molecule has 0 saturated heterocycles. The second-order valence-electron chi connectivity index (χ2n) is 13.0. The van der Waals surface area contributed by atoms with Crippen LogP contribution in [-0.2, 0) is 0 Å². The van der Waals surface area contributed by atoms with Crippen molar-refractivity contribution in [3.63, 3.8) is 0 Å². The molecule has 248 valence electrons. The van der Waals surface area contributed by atoms with Crippen LogP contribution in [0.4, 0.5) is 0 Å². The lowest BCUT2D eigenvalue weighted by molar-refractivity contribution is 0.620. The first-order chi connectivity index (χ1) is 26.2. The van der Waals surface area contributed by atoms with Crippen LogP contribution >= 0.6 is 11.3 Å². The van der Waals surface area contributed by atoms with Crippen LogP contribution in [-0.4, -0.2) is 19.9 Å². The van der Waals surface area contributed by atoms with E-state index in [1.807, 2.05) is 72.8 Å². The molecule has 7 aromatic carbocycles. The lowest BCUT2D eigenvalue weighted by Crippen LogP contribution is -2.00. The van der Waals surface area contributed by atoms with Crippen LogP contribution in [0.1, 0.15) is 0 Å². The van der Waals surface area contributed by atoms with E-state index < -0.39 is 0 Å². The van der Waals surface area contributed by atoms with E-state index in [1.54, 1.807) is 11.3 Å².